The predicted octanol–water partition coefficient (Wildman–Crippen LogP) is 2.01. The molecule has 1 rings (SSSR count). The first-order chi connectivity index (χ1) is 8.58. The molecule has 4 nitrogen and oxygen atoms in total. The monoisotopic (exact) mass is 271 g/mol. The third-order valence-corrected chi connectivity index (χ3v) is 2.94. The van der Waals surface area contributed by atoms with Gasteiger partial charge in [-0.2, -0.15) is 0 Å². The highest BCUT2D eigenvalue weighted by molar-refractivity contribution is 6.31. The lowest BCUT2D eigenvalue weighted by Gasteiger charge is -2.22. The average molecular weight is 272 g/mol. The van der Waals surface area contributed by atoms with E-state index in [-0.39, 0.29) is 18.4 Å². The maximum atomic E-state index is 11.8. The number of carbonyl (C=O) groups is 1. The second-order valence-corrected chi connectivity index (χ2v) is 4.37. The van der Waals surface area contributed by atoms with Gasteiger partial charge in [0.15, 0.2) is 6.29 Å². The number of hydrogen-bond acceptors (Lipinski definition) is 3. The van der Waals surface area contributed by atoms with Crippen LogP contribution in [0.2, 0.25) is 5.02 Å². The molecule has 18 heavy (non-hydrogen) atoms. The molecule has 0 aliphatic rings. The fourth-order valence-corrected chi connectivity index (χ4v) is 1.89. The second kappa shape index (κ2) is 7.36. The molecule has 5 heteroatoms. The van der Waals surface area contributed by atoms with Gasteiger partial charge in [-0.1, -0.05) is 29.8 Å². The molecule has 1 unspecified atom stereocenters. The van der Waals surface area contributed by atoms with Crippen molar-refractivity contribution >= 4 is 17.5 Å². The minimum Gasteiger partial charge on any atom is -0.354 e. The van der Waals surface area contributed by atoms with Crippen LogP contribution in [-0.4, -0.2) is 32.5 Å². The summed E-state index contributed by atoms with van der Waals surface area (Å²) in [6, 6.07) is 7.05. The van der Waals surface area contributed by atoms with Crippen LogP contribution in [0.15, 0.2) is 24.3 Å². The van der Waals surface area contributed by atoms with Crippen LogP contribution in [0.5, 0.6) is 0 Å². The zero-order valence-electron chi connectivity index (χ0n) is 10.8. The van der Waals surface area contributed by atoms with Gasteiger partial charge >= 0.3 is 0 Å². The van der Waals surface area contributed by atoms with Gasteiger partial charge in [0.05, 0.1) is 12.5 Å². The van der Waals surface area contributed by atoms with E-state index >= 15 is 0 Å². The van der Waals surface area contributed by atoms with E-state index < -0.39 is 6.29 Å². The fourth-order valence-electron chi connectivity index (χ4n) is 1.69. The maximum absolute atomic E-state index is 11.8. The third-order valence-electron chi connectivity index (χ3n) is 2.57. The molecule has 1 atom stereocenters. The van der Waals surface area contributed by atoms with E-state index in [2.05, 4.69) is 5.32 Å². The zero-order chi connectivity index (χ0) is 13.5. The van der Waals surface area contributed by atoms with Crippen LogP contribution in [0.3, 0.4) is 0 Å². The van der Waals surface area contributed by atoms with Gasteiger partial charge in [-0.3, -0.25) is 4.79 Å². The molecule has 0 bridgehead atoms. The molecule has 1 aromatic carbocycles. The Kier molecular flexibility index (Phi) is 6.12. The van der Waals surface area contributed by atoms with Crippen LogP contribution in [0.25, 0.3) is 0 Å². The van der Waals surface area contributed by atoms with Crippen LogP contribution in [0.4, 0.5) is 0 Å². The third kappa shape index (κ3) is 4.29. The number of halogens is 1. The highest BCUT2D eigenvalue weighted by Gasteiger charge is 2.18. The molecule has 100 valence electrons. The molecule has 1 amide bonds. The van der Waals surface area contributed by atoms with Crippen molar-refractivity contribution in [2.24, 2.45) is 0 Å². The molecular weight excluding hydrogens is 254 g/mol. The Hall–Kier alpha value is -1.10. The van der Waals surface area contributed by atoms with Crippen LogP contribution >= 0.6 is 11.6 Å². The maximum Gasteiger partial charge on any atom is 0.224 e. The molecule has 0 saturated heterocycles. The second-order valence-electron chi connectivity index (χ2n) is 3.96. The summed E-state index contributed by atoms with van der Waals surface area (Å²) in [7, 11) is 3.07. The lowest BCUT2D eigenvalue weighted by molar-refractivity contribution is -0.135. The van der Waals surface area contributed by atoms with Crippen molar-refractivity contribution in [2.45, 2.75) is 25.7 Å². The summed E-state index contributed by atoms with van der Waals surface area (Å²) in [6.07, 6.45) is -0.218. The highest BCUT2D eigenvalue weighted by atomic mass is 35.5. The van der Waals surface area contributed by atoms with Gasteiger partial charge in [0, 0.05) is 19.2 Å². The van der Waals surface area contributed by atoms with Crippen molar-refractivity contribution in [3.8, 4) is 0 Å². The Morgan fingerprint density at radius 3 is 2.50 bits per heavy atom. The number of benzene rings is 1. The Morgan fingerprint density at radius 2 is 1.94 bits per heavy atom. The van der Waals surface area contributed by atoms with Gasteiger partial charge in [-0.25, -0.2) is 0 Å². The van der Waals surface area contributed by atoms with E-state index in [4.69, 9.17) is 21.1 Å². The summed E-state index contributed by atoms with van der Waals surface area (Å²) in [5, 5.41) is 3.40. The van der Waals surface area contributed by atoms with Crippen molar-refractivity contribution in [1.82, 2.24) is 5.32 Å². The topological polar surface area (TPSA) is 47.6 Å². The van der Waals surface area contributed by atoms with Crippen LogP contribution < -0.4 is 5.32 Å². The average Bonchev–Trinajstić information content (AvgIpc) is 2.33. The first-order valence-corrected chi connectivity index (χ1v) is 6.04. The summed E-state index contributed by atoms with van der Waals surface area (Å²) in [5.74, 6) is -0.116. The Balaban J connectivity index is 2.54. The van der Waals surface area contributed by atoms with Gasteiger partial charge in [0.25, 0.3) is 0 Å². The number of carbonyl (C=O) groups excluding carboxylic acids is 1. The number of ether oxygens (including phenoxy) is 2. The Labute approximate surface area is 112 Å². The number of methoxy groups -OCH3 is 2. The van der Waals surface area contributed by atoms with Crippen LogP contribution in [0.1, 0.15) is 12.5 Å². The van der Waals surface area contributed by atoms with E-state index in [1.54, 1.807) is 6.07 Å². The summed E-state index contributed by atoms with van der Waals surface area (Å²) in [4.78, 5) is 11.8. The summed E-state index contributed by atoms with van der Waals surface area (Å²) >= 11 is 5.99. The van der Waals surface area contributed by atoms with Gasteiger partial charge in [-0.15, -0.1) is 0 Å². The van der Waals surface area contributed by atoms with E-state index in [9.17, 15) is 4.79 Å². The molecule has 1 aromatic rings. The van der Waals surface area contributed by atoms with Crippen LogP contribution in [-0.2, 0) is 20.7 Å². The van der Waals surface area contributed by atoms with Gasteiger partial charge in [0.2, 0.25) is 5.91 Å². The minimum atomic E-state index is -0.458. The van der Waals surface area contributed by atoms with Gasteiger partial charge in [0.1, 0.15) is 0 Å². The minimum absolute atomic E-state index is 0.116. The predicted molar refractivity (Wildman–Crippen MR) is 70.6 cm³/mol. The van der Waals surface area contributed by atoms with E-state index in [1.807, 2.05) is 25.1 Å². The molecule has 0 spiro atoms. The molecule has 0 aliphatic carbocycles. The number of amides is 1. The Bertz CT molecular complexity index is 394. The van der Waals surface area contributed by atoms with Crippen molar-refractivity contribution < 1.29 is 14.3 Å². The van der Waals surface area contributed by atoms with E-state index in [1.165, 1.54) is 14.2 Å². The fraction of sp³-hybridized carbons (Fsp3) is 0.462. The van der Waals surface area contributed by atoms with E-state index in [0.29, 0.717) is 5.02 Å². The van der Waals surface area contributed by atoms with Crippen molar-refractivity contribution in [3.05, 3.63) is 34.9 Å². The normalized spacial score (nSPS) is 12.5. The number of hydrogen-bond donors (Lipinski definition) is 1. The van der Waals surface area contributed by atoms with Crippen molar-refractivity contribution in [1.29, 1.82) is 0 Å². The molecule has 0 fully saturated rings. The summed E-state index contributed by atoms with van der Waals surface area (Å²) in [6.45, 7) is 1.82. The standard InChI is InChI=1S/C13H18ClNO3/c1-9(13(17-2)18-3)15-12(16)8-10-6-4-5-7-11(10)14/h4-7,9,13H,8H2,1-3H3,(H,15,16). The van der Waals surface area contributed by atoms with E-state index in [0.717, 1.165) is 5.56 Å². The smallest absolute Gasteiger partial charge is 0.224 e. The molecule has 1 N–H and O–H groups in total. The first-order valence-electron chi connectivity index (χ1n) is 5.66. The quantitative estimate of drug-likeness (QED) is 0.805. The SMILES string of the molecule is COC(OC)C(C)NC(=O)Cc1ccccc1Cl. The summed E-state index contributed by atoms with van der Waals surface area (Å²) < 4.78 is 10.1. The lowest BCUT2D eigenvalue weighted by atomic mass is 10.1. The largest absolute Gasteiger partial charge is 0.354 e. The molecular formula is C13H18ClNO3. The molecule has 0 radical (unpaired) electrons. The Morgan fingerprint density at radius 1 is 1.33 bits per heavy atom. The molecule has 0 aliphatic heterocycles. The molecule has 0 heterocycles. The first kappa shape index (κ1) is 15.0. The number of nitrogens with one attached hydrogen (secondary N) is 1. The highest BCUT2D eigenvalue weighted by Crippen LogP contribution is 2.15. The lowest BCUT2D eigenvalue weighted by Crippen LogP contribution is -2.43. The zero-order valence-corrected chi connectivity index (χ0v) is 11.5. The van der Waals surface area contributed by atoms with Crippen molar-refractivity contribution in [3.63, 3.8) is 0 Å². The van der Waals surface area contributed by atoms with Crippen molar-refractivity contribution in [2.75, 3.05) is 14.2 Å². The molecule has 0 aromatic heterocycles. The van der Waals surface area contributed by atoms with Gasteiger partial charge < -0.3 is 14.8 Å². The molecule has 0 saturated carbocycles. The van der Waals surface area contributed by atoms with Gasteiger partial charge in [-0.05, 0) is 18.6 Å². The summed E-state index contributed by atoms with van der Waals surface area (Å²) in [5.41, 5.74) is 0.801. The van der Waals surface area contributed by atoms with Crippen LogP contribution in [0, 0.1) is 0 Å². The number of rotatable bonds is 6.